The van der Waals surface area contributed by atoms with E-state index in [1.807, 2.05) is 32.0 Å². The van der Waals surface area contributed by atoms with Gasteiger partial charge in [0.25, 0.3) is 0 Å². The Morgan fingerprint density at radius 3 is 2.56 bits per heavy atom. The fourth-order valence-corrected chi connectivity index (χ4v) is 4.00. The molecule has 0 aliphatic carbocycles. The lowest BCUT2D eigenvalue weighted by atomic mass is 10.2. The topological polar surface area (TPSA) is 93.1 Å². The van der Waals surface area contributed by atoms with E-state index in [0.717, 1.165) is 41.4 Å². The summed E-state index contributed by atoms with van der Waals surface area (Å²) in [5.41, 5.74) is 15.1. The van der Waals surface area contributed by atoms with Crippen LogP contribution in [-0.2, 0) is 6.54 Å². The number of aliphatic imine (C=N–C) groups is 2. The Hall–Kier alpha value is -2.25. The molecule has 0 unspecified atom stereocenters. The van der Waals surface area contributed by atoms with Crippen molar-refractivity contribution in [3.05, 3.63) is 46.9 Å². The summed E-state index contributed by atoms with van der Waals surface area (Å²) in [6, 6.07) is 8.03. The van der Waals surface area contributed by atoms with Gasteiger partial charge in [-0.1, -0.05) is 6.07 Å². The Morgan fingerprint density at radius 1 is 1.15 bits per heavy atom. The number of benzene rings is 1. The average molecular weight is 386 g/mol. The van der Waals surface area contributed by atoms with Crippen LogP contribution in [0.3, 0.4) is 0 Å². The van der Waals surface area contributed by atoms with Crippen molar-refractivity contribution in [1.29, 1.82) is 0 Å². The van der Waals surface area contributed by atoms with E-state index in [2.05, 4.69) is 27.3 Å². The first kappa shape index (κ1) is 19.5. The molecule has 0 spiro atoms. The highest BCUT2D eigenvalue weighted by molar-refractivity contribution is 7.97. The van der Waals surface area contributed by atoms with Gasteiger partial charge in [0.2, 0.25) is 0 Å². The van der Waals surface area contributed by atoms with Gasteiger partial charge in [-0.05, 0) is 74.9 Å². The van der Waals surface area contributed by atoms with E-state index in [1.165, 1.54) is 17.7 Å². The van der Waals surface area contributed by atoms with E-state index in [1.54, 1.807) is 11.9 Å². The summed E-state index contributed by atoms with van der Waals surface area (Å²) < 4.78 is 8.00. The average Bonchev–Trinajstić information content (AvgIpc) is 3.26. The zero-order chi connectivity index (χ0) is 19.4. The smallest absolute Gasteiger partial charge is 0.166 e. The monoisotopic (exact) mass is 385 g/mol. The maximum atomic E-state index is 6.08. The number of nitrogens with two attached hydrogens (primary N) is 2. The van der Waals surface area contributed by atoms with Crippen molar-refractivity contribution in [2.24, 2.45) is 21.5 Å². The molecule has 1 saturated heterocycles. The molecule has 0 amide bonds. The van der Waals surface area contributed by atoms with E-state index in [0.29, 0.717) is 6.54 Å². The van der Waals surface area contributed by atoms with Gasteiger partial charge in [-0.2, -0.15) is 0 Å². The molecule has 144 valence electrons. The van der Waals surface area contributed by atoms with Crippen molar-refractivity contribution in [3.63, 3.8) is 0 Å². The summed E-state index contributed by atoms with van der Waals surface area (Å²) in [5, 5.41) is 0. The fraction of sp³-hybridized carbons (Fsp3) is 0.400. The normalized spacial score (nSPS) is 16.3. The van der Waals surface area contributed by atoms with Crippen molar-refractivity contribution >= 4 is 29.3 Å². The van der Waals surface area contributed by atoms with Crippen LogP contribution in [0.5, 0.6) is 0 Å². The number of rotatable bonds is 5. The molecular formula is C20H27N5OS. The molecule has 6 nitrogen and oxygen atoms in total. The molecule has 1 aliphatic rings. The molecule has 1 aromatic heterocycles. The second-order valence-electron chi connectivity index (χ2n) is 6.78. The van der Waals surface area contributed by atoms with Gasteiger partial charge in [0.05, 0.1) is 12.2 Å². The first-order valence-corrected chi connectivity index (χ1v) is 9.94. The lowest BCUT2D eigenvalue weighted by molar-refractivity contribution is 0.484. The number of hydrogen-bond donors (Lipinski definition) is 2. The molecule has 27 heavy (non-hydrogen) atoms. The summed E-state index contributed by atoms with van der Waals surface area (Å²) in [4.78, 5) is 10.0. The summed E-state index contributed by atoms with van der Waals surface area (Å²) >= 11 is 1.79. The standard InChI is InChI=1S/C20H27N5OS/c1-13-11-16(26-15(13)3)12-23-19(21)20(22)24-17-7-6-8-18(14(17)2)27-25-9-4-5-10-25/h6-8,11H,4-5,9-10,12H2,1-3H3,(H2,21,23)(H2,22,24). The molecule has 3 rings (SSSR count). The summed E-state index contributed by atoms with van der Waals surface area (Å²) in [7, 11) is 0. The predicted octanol–water partition coefficient (Wildman–Crippen LogP) is 3.85. The number of furan rings is 1. The lowest BCUT2D eigenvalue weighted by Crippen LogP contribution is -2.31. The van der Waals surface area contributed by atoms with Gasteiger partial charge < -0.3 is 15.9 Å². The van der Waals surface area contributed by atoms with Gasteiger partial charge in [0, 0.05) is 18.0 Å². The number of amidine groups is 2. The van der Waals surface area contributed by atoms with E-state index < -0.39 is 0 Å². The molecule has 2 heterocycles. The van der Waals surface area contributed by atoms with Crippen molar-refractivity contribution in [2.45, 2.75) is 45.1 Å². The van der Waals surface area contributed by atoms with Crippen LogP contribution in [0.4, 0.5) is 5.69 Å². The minimum absolute atomic E-state index is 0.221. The van der Waals surface area contributed by atoms with Crippen LogP contribution in [0.25, 0.3) is 0 Å². The minimum Gasteiger partial charge on any atom is -0.464 e. The molecule has 1 aliphatic heterocycles. The number of nitrogens with zero attached hydrogens (tertiary/aromatic N) is 3. The van der Waals surface area contributed by atoms with Crippen molar-refractivity contribution in [3.8, 4) is 0 Å². The quantitative estimate of drug-likeness (QED) is 0.463. The molecule has 0 saturated carbocycles. The lowest BCUT2D eigenvalue weighted by Gasteiger charge is -2.15. The SMILES string of the molecule is Cc1cc(CN=C(N)C(N)=Nc2cccc(SN3CCCC3)c2C)oc1C. The van der Waals surface area contributed by atoms with Crippen molar-refractivity contribution in [1.82, 2.24) is 4.31 Å². The first-order chi connectivity index (χ1) is 12.9. The molecule has 1 aromatic carbocycles. The summed E-state index contributed by atoms with van der Waals surface area (Å²) in [5.74, 6) is 2.10. The van der Waals surface area contributed by atoms with Gasteiger partial charge in [0.15, 0.2) is 11.7 Å². The van der Waals surface area contributed by atoms with E-state index in [4.69, 9.17) is 15.9 Å². The minimum atomic E-state index is 0.221. The highest BCUT2D eigenvalue weighted by Gasteiger charge is 2.15. The Bertz CT molecular complexity index is 846. The molecule has 0 atom stereocenters. The number of hydrogen-bond acceptors (Lipinski definition) is 5. The maximum Gasteiger partial charge on any atom is 0.166 e. The van der Waals surface area contributed by atoms with Crippen LogP contribution in [0.15, 0.2) is 43.6 Å². The van der Waals surface area contributed by atoms with Gasteiger partial charge in [-0.25, -0.2) is 9.30 Å². The van der Waals surface area contributed by atoms with Crippen LogP contribution in [0.1, 0.15) is 35.5 Å². The summed E-state index contributed by atoms with van der Waals surface area (Å²) in [6.07, 6.45) is 2.52. The molecule has 4 N–H and O–H groups in total. The Morgan fingerprint density at radius 2 is 1.89 bits per heavy atom. The highest BCUT2D eigenvalue weighted by atomic mass is 32.2. The van der Waals surface area contributed by atoms with Crippen LogP contribution in [0.2, 0.25) is 0 Å². The fourth-order valence-electron chi connectivity index (χ4n) is 2.90. The molecular weight excluding hydrogens is 358 g/mol. The van der Waals surface area contributed by atoms with Crippen LogP contribution in [-0.4, -0.2) is 29.1 Å². The van der Waals surface area contributed by atoms with E-state index in [-0.39, 0.29) is 11.7 Å². The molecule has 0 radical (unpaired) electrons. The van der Waals surface area contributed by atoms with Gasteiger partial charge >= 0.3 is 0 Å². The molecule has 2 aromatic rings. The maximum absolute atomic E-state index is 6.08. The third-order valence-electron chi connectivity index (χ3n) is 4.67. The van der Waals surface area contributed by atoms with Crippen molar-refractivity contribution < 1.29 is 4.42 Å². The van der Waals surface area contributed by atoms with Crippen LogP contribution in [0, 0.1) is 20.8 Å². The van der Waals surface area contributed by atoms with E-state index in [9.17, 15) is 0 Å². The third kappa shape index (κ3) is 4.93. The third-order valence-corrected chi connectivity index (χ3v) is 5.94. The van der Waals surface area contributed by atoms with Crippen molar-refractivity contribution in [2.75, 3.05) is 13.1 Å². The van der Waals surface area contributed by atoms with Crippen LogP contribution < -0.4 is 11.5 Å². The Balaban J connectivity index is 1.73. The van der Waals surface area contributed by atoms with Gasteiger partial charge in [0.1, 0.15) is 11.5 Å². The highest BCUT2D eigenvalue weighted by Crippen LogP contribution is 2.33. The largest absolute Gasteiger partial charge is 0.464 e. The second kappa shape index (κ2) is 8.63. The molecule has 0 bridgehead atoms. The predicted molar refractivity (Wildman–Crippen MR) is 113 cm³/mol. The van der Waals surface area contributed by atoms with Gasteiger partial charge in [-0.15, -0.1) is 0 Å². The van der Waals surface area contributed by atoms with E-state index >= 15 is 0 Å². The Kier molecular flexibility index (Phi) is 6.23. The van der Waals surface area contributed by atoms with Gasteiger partial charge in [-0.3, -0.25) is 4.99 Å². The first-order valence-electron chi connectivity index (χ1n) is 9.17. The Labute approximate surface area is 164 Å². The summed E-state index contributed by atoms with van der Waals surface area (Å²) in [6.45, 7) is 8.60. The van der Waals surface area contributed by atoms with Crippen LogP contribution >= 0.6 is 11.9 Å². The molecule has 1 fully saturated rings. The molecule has 7 heteroatoms. The number of aryl methyl sites for hydroxylation is 2. The zero-order valence-corrected chi connectivity index (χ0v) is 17.0. The zero-order valence-electron chi connectivity index (χ0n) is 16.2. The second-order valence-corrected chi connectivity index (χ2v) is 7.92.